The normalized spacial score (nSPS) is 17.9. The first kappa shape index (κ1) is 59.7. The van der Waals surface area contributed by atoms with Crippen LogP contribution in [0.25, 0.3) is 0 Å². The minimum absolute atomic E-state index is 0.00788. The van der Waals surface area contributed by atoms with Crippen LogP contribution in [0.4, 0.5) is 0 Å². The van der Waals surface area contributed by atoms with Crippen molar-refractivity contribution < 1.29 is 58.5 Å². The first-order valence-corrected chi connectivity index (χ1v) is 24.7. The number of phenolic OH excluding ortho intramolecular Hbond substituents is 1. The quantitative estimate of drug-likeness (QED) is 0.0209. The van der Waals surface area contributed by atoms with Crippen LogP contribution in [-0.4, -0.2) is 165 Å². The molecule has 402 valence electrons. The monoisotopic (exact) mass is 1020 g/mol. The van der Waals surface area contributed by atoms with Crippen LogP contribution in [-0.2, 0) is 49.6 Å². The summed E-state index contributed by atoms with van der Waals surface area (Å²) in [5.74, 6) is -8.21. The Hall–Kier alpha value is -6.60. The number of rotatable bonds is 31. The average Bonchev–Trinajstić information content (AvgIpc) is 4.04. The van der Waals surface area contributed by atoms with E-state index >= 15 is 0 Å². The van der Waals surface area contributed by atoms with Gasteiger partial charge < -0.3 is 80.4 Å². The van der Waals surface area contributed by atoms with Gasteiger partial charge >= 0.3 is 11.9 Å². The number of nitrogens with zero attached hydrogens (tertiary/aromatic N) is 3. The number of aliphatic carboxylic acids is 2. The van der Waals surface area contributed by atoms with Crippen LogP contribution in [0.15, 0.2) is 29.3 Å². The zero-order valence-electron chi connectivity index (χ0n) is 41.4. The van der Waals surface area contributed by atoms with Crippen molar-refractivity contribution in [2.24, 2.45) is 39.6 Å². The summed E-state index contributed by atoms with van der Waals surface area (Å²) in [5, 5.41) is 42.5. The maximum absolute atomic E-state index is 14.4. The molecule has 25 nitrogen and oxygen atoms in total. The number of guanidine groups is 1. The highest BCUT2D eigenvalue weighted by molar-refractivity contribution is 5.98. The smallest absolute Gasteiger partial charge is 0.326 e. The molecule has 2 aliphatic rings. The highest BCUT2D eigenvalue weighted by Gasteiger charge is 2.41. The first-order chi connectivity index (χ1) is 34.2. The lowest BCUT2D eigenvalue weighted by Gasteiger charge is -2.31. The molecule has 2 saturated heterocycles. The van der Waals surface area contributed by atoms with Crippen molar-refractivity contribution >= 4 is 59.2 Å². The van der Waals surface area contributed by atoms with E-state index in [4.69, 9.17) is 28.7 Å². The zero-order valence-corrected chi connectivity index (χ0v) is 41.4. The van der Waals surface area contributed by atoms with Crippen molar-refractivity contribution in [3.8, 4) is 5.75 Å². The van der Waals surface area contributed by atoms with Crippen LogP contribution in [0.1, 0.15) is 109 Å². The van der Waals surface area contributed by atoms with Crippen LogP contribution in [0.2, 0.25) is 0 Å². The topological polar surface area (TPSA) is 423 Å². The van der Waals surface area contributed by atoms with Gasteiger partial charge in [0.15, 0.2) is 5.96 Å². The minimum Gasteiger partial charge on any atom is -0.508 e. The lowest BCUT2D eigenvalue weighted by Crippen LogP contribution is -2.60. The van der Waals surface area contributed by atoms with E-state index in [-0.39, 0.29) is 83.0 Å². The van der Waals surface area contributed by atoms with Crippen molar-refractivity contribution in [2.75, 3.05) is 32.7 Å². The second kappa shape index (κ2) is 30.3. The van der Waals surface area contributed by atoms with Crippen LogP contribution in [0, 0.1) is 5.92 Å². The number of phenols is 1. The Morgan fingerprint density at radius 3 is 1.67 bits per heavy atom. The van der Waals surface area contributed by atoms with Gasteiger partial charge in [0, 0.05) is 32.5 Å². The van der Waals surface area contributed by atoms with Gasteiger partial charge in [-0.15, -0.1) is 0 Å². The third kappa shape index (κ3) is 19.2. The van der Waals surface area contributed by atoms with Gasteiger partial charge in [-0.1, -0.05) is 26.0 Å². The summed E-state index contributed by atoms with van der Waals surface area (Å²) in [4.78, 5) is 128. The first-order valence-electron chi connectivity index (χ1n) is 24.7. The summed E-state index contributed by atoms with van der Waals surface area (Å²) < 4.78 is 0. The summed E-state index contributed by atoms with van der Waals surface area (Å²) in [6.07, 6.45) is 2.50. The molecule has 2 aliphatic heterocycles. The van der Waals surface area contributed by atoms with Gasteiger partial charge in [0.05, 0.1) is 6.04 Å². The molecular formula is C47H77N13O12. The number of benzene rings is 1. The number of carbonyl (C=O) groups is 9. The molecule has 2 fully saturated rings. The number of nitrogens with two attached hydrogens (primary N) is 5. The van der Waals surface area contributed by atoms with E-state index < -0.39 is 120 Å². The summed E-state index contributed by atoms with van der Waals surface area (Å²) >= 11 is 0. The van der Waals surface area contributed by atoms with Crippen LogP contribution in [0.3, 0.4) is 0 Å². The van der Waals surface area contributed by atoms with Crippen molar-refractivity contribution in [3.63, 3.8) is 0 Å². The lowest BCUT2D eigenvalue weighted by atomic mass is 10.0. The second-order valence-electron chi connectivity index (χ2n) is 18.6. The molecule has 3 rings (SSSR count). The summed E-state index contributed by atoms with van der Waals surface area (Å²) in [6.45, 7) is 4.37. The molecule has 72 heavy (non-hydrogen) atoms. The Kier molecular flexibility index (Phi) is 25.1. The SMILES string of the molecule is CC(C)C(NC(=O)C1CCCN1C(=O)C(CCCCN)NC(=O)C(CCC(=O)O)NC(=O)C(CCCCN)NC(=O)C(Cc1ccc(O)cc1)NC(=O)C1CCCN1C(=O)C(N)CCCN=C(N)N)C(=O)O. The van der Waals surface area contributed by atoms with Crippen molar-refractivity contribution in [3.05, 3.63) is 29.8 Å². The predicted octanol–water partition coefficient (Wildman–Crippen LogP) is -2.42. The van der Waals surface area contributed by atoms with E-state index in [2.05, 4.69) is 31.6 Å². The fraction of sp³-hybridized carbons (Fsp3) is 0.660. The third-order valence-corrected chi connectivity index (χ3v) is 12.6. The second-order valence-corrected chi connectivity index (χ2v) is 18.6. The molecule has 0 aliphatic carbocycles. The molecule has 1 aromatic carbocycles. The molecule has 0 radical (unpaired) electrons. The molecule has 8 unspecified atom stereocenters. The lowest BCUT2D eigenvalue weighted by molar-refractivity contribution is -0.146. The summed E-state index contributed by atoms with van der Waals surface area (Å²) in [6, 6.07) is -3.85. The Labute approximate surface area is 419 Å². The largest absolute Gasteiger partial charge is 0.508 e. The Morgan fingerprint density at radius 1 is 0.653 bits per heavy atom. The number of nitrogens with one attached hydrogen (secondary N) is 5. The van der Waals surface area contributed by atoms with E-state index in [0.717, 1.165) is 0 Å². The maximum atomic E-state index is 14.4. The van der Waals surface area contributed by atoms with Gasteiger partial charge in [-0.3, -0.25) is 43.3 Å². The third-order valence-electron chi connectivity index (χ3n) is 12.6. The predicted molar refractivity (Wildman–Crippen MR) is 264 cm³/mol. The fourth-order valence-corrected chi connectivity index (χ4v) is 8.64. The zero-order chi connectivity index (χ0) is 53.5. The Morgan fingerprint density at radius 2 is 1.15 bits per heavy atom. The molecule has 0 aromatic heterocycles. The van der Waals surface area contributed by atoms with Crippen molar-refractivity contribution in [2.45, 2.75) is 158 Å². The number of aliphatic imine (C=N–C) groups is 1. The van der Waals surface area contributed by atoms with E-state index in [1.165, 1.54) is 21.9 Å². The molecule has 18 N–H and O–H groups in total. The van der Waals surface area contributed by atoms with E-state index in [0.29, 0.717) is 50.5 Å². The molecule has 0 spiro atoms. The van der Waals surface area contributed by atoms with Gasteiger partial charge in [-0.2, -0.15) is 0 Å². The number of likely N-dealkylation sites (tertiary alicyclic amines) is 2. The van der Waals surface area contributed by atoms with Crippen molar-refractivity contribution in [1.82, 2.24) is 36.4 Å². The van der Waals surface area contributed by atoms with E-state index in [1.807, 2.05) is 0 Å². The van der Waals surface area contributed by atoms with Crippen LogP contribution >= 0.6 is 0 Å². The molecule has 0 saturated carbocycles. The number of unbranched alkanes of at least 4 members (excludes halogenated alkanes) is 2. The standard InChI is InChI=1S/C47H77N13O12/c1-27(2)38(46(71)72)58-43(68)36-14-9-25-60(36)45(70)33(12-4-6-22-49)56-40(65)32(19-20-37(62)63)55-39(64)31(11-3-5-21-48)54-41(66)34(26-28-15-17-29(61)18-16-28)57-42(67)35-13-8-24-59(35)44(69)30(50)10-7-23-53-47(51)52/h15-18,27,30-36,38,61H,3-14,19-26,48-50H2,1-2H3,(H,54,66)(H,55,64)(H,56,65)(H,57,67)(H,58,68)(H,62,63)(H,71,72)(H4,51,52,53). The maximum Gasteiger partial charge on any atom is 0.326 e. The number of carboxylic acids is 2. The molecule has 1 aromatic rings. The summed E-state index contributed by atoms with van der Waals surface area (Å²) in [5.41, 5.74) is 29.0. The molecule has 2 heterocycles. The minimum atomic E-state index is -1.55. The van der Waals surface area contributed by atoms with Gasteiger partial charge in [-0.05, 0) is 120 Å². The van der Waals surface area contributed by atoms with Crippen molar-refractivity contribution in [1.29, 1.82) is 0 Å². The number of carbonyl (C=O) groups excluding carboxylic acids is 7. The number of hydrogen-bond donors (Lipinski definition) is 13. The van der Waals surface area contributed by atoms with Gasteiger partial charge in [0.2, 0.25) is 41.4 Å². The fourth-order valence-electron chi connectivity index (χ4n) is 8.64. The number of amides is 7. The van der Waals surface area contributed by atoms with Gasteiger partial charge in [0.1, 0.15) is 48.0 Å². The highest BCUT2D eigenvalue weighted by Crippen LogP contribution is 2.23. The molecule has 8 atom stereocenters. The molecule has 7 amide bonds. The number of carboxylic acid groups (broad SMARTS) is 2. The Balaban J connectivity index is 1.89. The number of aromatic hydroxyl groups is 1. The molecular weight excluding hydrogens is 939 g/mol. The average molecular weight is 1020 g/mol. The van der Waals surface area contributed by atoms with Gasteiger partial charge in [-0.25, -0.2) is 4.79 Å². The Bertz CT molecular complexity index is 2040. The molecule has 25 heteroatoms. The van der Waals surface area contributed by atoms with Gasteiger partial charge in [0.25, 0.3) is 0 Å². The van der Waals surface area contributed by atoms with E-state index in [1.54, 1.807) is 26.0 Å². The van der Waals surface area contributed by atoms with Crippen LogP contribution in [0.5, 0.6) is 5.75 Å². The van der Waals surface area contributed by atoms with Crippen LogP contribution < -0.4 is 55.3 Å². The summed E-state index contributed by atoms with van der Waals surface area (Å²) in [7, 11) is 0. The number of hydrogen-bond acceptors (Lipinski definition) is 14. The highest BCUT2D eigenvalue weighted by atomic mass is 16.4. The molecule has 0 bridgehead atoms. The van der Waals surface area contributed by atoms with E-state index in [9.17, 15) is 58.5 Å².